The highest BCUT2D eigenvalue weighted by molar-refractivity contribution is 5.99. The fraction of sp³-hybridized carbons (Fsp3) is 0.0833. The molecule has 0 fully saturated rings. The van der Waals surface area contributed by atoms with Gasteiger partial charge in [0.2, 0.25) is 0 Å². The summed E-state index contributed by atoms with van der Waals surface area (Å²) in [6.45, 7) is 1.97. The van der Waals surface area contributed by atoms with Crippen molar-refractivity contribution in [2.24, 2.45) is 7.05 Å². The number of imidazole rings is 1. The van der Waals surface area contributed by atoms with Gasteiger partial charge in [0.25, 0.3) is 0 Å². The van der Waals surface area contributed by atoms with Crippen molar-refractivity contribution in [1.82, 2.24) is 34.7 Å². The molecule has 0 saturated carbocycles. The lowest BCUT2D eigenvalue weighted by atomic mass is 10.1. The standard InChI is InChI=1S/C24H18FN7/c1-13-27-12-21(32(13)2)15-9-18-23(30-31-24(18)28-11-15)20-10-17-19(29-20)6-7-26-22(17)14-4-3-5-16(25)8-14/h3-12,29H,1-2H3,(H,28,30,31). The highest BCUT2D eigenvalue weighted by Crippen LogP contribution is 2.34. The number of halogens is 1. The summed E-state index contributed by atoms with van der Waals surface area (Å²) in [5.41, 5.74) is 6.57. The Morgan fingerprint density at radius 1 is 0.906 bits per heavy atom. The van der Waals surface area contributed by atoms with Crippen molar-refractivity contribution in [3.05, 3.63) is 72.7 Å². The quantitative estimate of drug-likeness (QED) is 0.419. The summed E-state index contributed by atoms with van der Waals surface area (Å²) in [6.07, 6.45) is 5.38. The third kappa shape index (κ3) is 2.80. The maximum Gasteiger partial charge on any atom is 0.155 e. The number of fused-ring (bicyclic) bond motifs is 2. The summed E-state index contributed by atoms with van der Waals surface area (Å²) >= 11 is 0. The van der Waals surface area contributed by atoms with Gasteiger partial charge < -0.3 is 9.55 Å². The molecule has 6 rings (SSSR count). The molecule has 0 unspecified atom stereocenters. The van der Waals surface area contributed by atoms with E-state index >= 15 is 0 Å². The molecule has 0 spiro atoms. The van der Waals surface area contributed by atoms with E-state index in [4.69, 9.17) is 0 Å². The molecule has 0 aliphatic heterocycles. The molecule has 0 radical (unpaired) electrons. The molecule has 8 heteroatoms. The van der Waals surface area contributed by atoms with Gasteiger partial charge in [-0.1, -0.05) is 12.1 Å². The monoisotopic (exact) mass is 423 g/mol. The Morgan fingerprint density at radius 2 is 1.81 bits per heavy atom. The molecule has 0 amide bonds. The van der Waals surface area contributed by atoms with Gasteiger partial charge in [-0.25, -0.2) is 14.4 Å². The summed E-state index contributed by atoms with van der Waals surface area (Å²) in [4.78, 5) is 16.9. The molecule has 0 bridgehead atoms. The molecule has 0 saturated heterocycles. The average molecular weight is 423 g/mol. The van der Waals surface area contributed by atoms with Gasteiger partial charge in [0.1, 0.15) is 17.3 Å². The molecule has 1 aromatic carbocycles. The maximum atomic E-state index is 13.8. The fourth-order valence-electron chi connectivity index (χ4n) is 4.07. The summed E-state index contributed by atoms with van der Waals surface area (Å²) in [7, 11) is 1.98. The van der Waals surface area contributed by atoms with Crippen LogP contribution in [0.5, 0.6) is 0 Å². The molecular weight excluding hydrogens is 405 g/mol. The molecular formula is C24H18FN7. The van der Waals surface area contributed by atoms with Crippen LogP contribution in [0.4, 0.5) is 4.39 Å². The average Bonchev–Trinajstić information content (AvgIpc) is 3.50. The summed E-state index contributed by atoms with van der Waals surface area (Å²) in [5.74, 6) is 0.639. The normalized spacial score (nSPS) is 11.6. The largest absolute Gasteiger partial charge is 0.353 e. The van der Waals surface area contributed by atoms with E-state index < -0.39 is 0 Å². The van der Waals surface area contributed by atoms with Crippen molar-refractivity contribution in [1.29, 1.82) is 0 Å². The van der Waals surface area contributed by atoms with Crippen LogP contribution in [0.15, 0.2) is 61.1 Å². The molecule has 2 N–H and O–H groups in total. The Bertz CT molecular complexity index is 1620. The molecule has 0 aliphatic rings. The maximum absolute atomic E-state index is 13.8. The third-order valence-electron chi connectivity index (χ3n) is 5.83. The van der Waals surface area contributed by atoms with Crippen LogP contribution < -0.4 is 0 Å². The third-order valence-corrected chi connectivity index (χ3v) is 5.83. The lowest BCUT2D eigenvalue weighted by molar-refractivity contribution is 0.628. The van der Waals surface area contributed by atoms with Gasteiger partial charge in [0.15, 0.2) is 5.65 Å². The Hall–Kier alpha value is -4.33. The van der Waals surface area contributed by atoms with Crippen LogP contribution in [-0.2, 0) is 7.05 Å². The minimum absolute atomic E-state index is 0.292. The Morgan fingerprint density at radius 3 is 2.62 bits per heavy atom. The highest BCUT2D eigenvalue weighted by Gasteiger charge is 2.16. The van der Waals surface area contributed by atoms with E-state index in [2.05, 4.69) is 36.2 Å². The van der Waals surface area contributed by atoms with Gasteiger partial charge in [0.05, 0.1) is 23.3 Å². The number of aryl methyl sites for hydroxylation is 1. The first-order valence-corrected chi connectivity index (χ1v) is 10.2. The lowest BCUT2D eigenvalue weighted by Crippen LogP contribution is -1.94. The first-order chi connectivity index (χ1) is 15.6. The van der Waals surface area contributed by atoms with Crippen molar-refractivity contribution in [3.8, 4) is 33.9 Å². The van der Waals surface area contributed by atoms with Crippen LogP contribution in [0.1, 0.15) is 5.82 Å². The van der Waals surface area contributed by atoms with E-state index in [1.165, 1.54) is 12.1 Å². The molecule has 0 atom stereocenters. The van der Waals surface area contributed by atoms with E-state index in [9.17, 15) is 4.39 Å². The van der Waals surface area contributed by atoms with Crippen LogP contribution in [0.2, 0.25) is 0 Å². The summed E-state index contributed by atoms with van der Waals surface area (Å²) in [5, 5.41) is 9.33. The Kier molecular flexibility index (Phi) is 3.94. The van der Waals surface area contributed by atoms with Crippen molar-refractivity contribution >= 4 is 21.9 Å². The van der Waals surface area contributed by atoms with E-state index in [0.29, 0.717) is 11.3 Å². The number of H-pyrrole nitrogens is 2. The minimum atomic E-state index is -0.292. The van der Waals surface area contributed by atoms with Crippen LogP contribution >= 0.6 is 0 Å². The SMILES string of the molecule is Cc1ncc(-c2cnc3[nH]nc(-c4cc5c(-c6cccc(F)c6)nccc5[nH]4)c3c2)n1C. The summed E-state index contributed by atoms with van der Waals surface area (Å²) in [6, 6.07) is 12.4. The number of hydrogen-bond donors (Lipinski definition) is 2. The number of hydrogen-bond acceptors (Lipinski definition) is 4. The van der Waals surface area contributed by atoms with Gasteiger partial charge in [-0.2, -0.15) is 5.10 Å². The van der Waals surface area contributed by atoms with Crippen LogP contribution in [0.3, 0.4) is 0 Å². The molecule has 7 nitrogen and oxygen atoms in total. The number of aromatic nitrogens is 7. The number of nitrogens with one attached hydrogen (secondary N) is 2. The van der Waals surface area contributed by atoms with E-state index in [-0.39, 0.29) is 5.82 Å². The molecule has 5 heterocycles. The fourth-order valence-corrected chi connectivity index (χ4v) is 4.07. The van der Waals surface area contributed by atoms with Crippen molar-refractivity contribution in [2.75, 3.05) is 0 Å². The zero-order valence-corrected chi connectivity index (χ0v) is 17.4. The first kappa shape index (κ1) is 18.4. The van der Waals surface area contributed by atoms with Crippen LogP contribution in [0, 0.1) is 12.7 Å². The van der Waals surface area contributed by atoms with Gasteiger partial charge in [0, 0.05) is 46.9 Å². The predicted molar refractivity (Wildman–Crippen MR) is 121 cm³/mol. The van der Waals surface area contributed by atoms with E-state index in [1.54, 1.807) is 12.3 Å². The first-order valence-electron chi connectivity index (χ1n) is 10.2. The second-order valence-corrected chi connectivity index (χ2v) is 7.76. The van der Waals surface area contributed by atoms with Gasteiger partial charge >= 0.3 is 0 Å². The van der Waals surface area contributed by atoms with Gasteiger partial charge in [-0.05, 0) is 37.3 Å². The van der Waals surface area contributed by atoms with Crippen molar-refractivity contribution < 1.29 is 4.39 Å². The lowest BCUT2D eigenvalue weighted by Gasteiger charge is -2.04. The van der Waals surface area contributed by atoms with E-state index in [1.807, 2.05) is 49.1 Å². The number of rotatable bonds is 3. The number of aromatic amines is 2. The second kappa shape index (κ2) is 6.84. The Balaban J connectivity index is 1.52. The van der Waals surface area contributed by atoms with Gasteiger partial charge in [-0.3, -0.25) is 10.1 Å². The zero-order chi connectivity index (χ0) is 21.8. The van der Waals surface area contributed by atoms with Crippen molar-refractivity contribution in [3.63, 3.8) is 0 Å². The number of benzene rings is 1. The Labute approximate surface area is 182 Å². The van der Waals surface area contributed by atoms with E-state index in [0.717, 1.165) is 50.3 Å². The van der Waals surface area contributed by atoms with Crippen LogP contribution in [-0.4, -0.2) is 34.7 Å². The molecule has 6 aromatic rings. The molecule has 5 aromatic heterocycles. The van der Waals surface area contributed by atoms with Crippen LogP contribution in [0.25, 0.3) is 55.8 Å². The molecule has 156 valence electrons. The number of pyridine rings is 2. The second-order valence-electron chi connectivity index (χ2n) is 7.76. The predicted octanol–water partition coefficient (Wildman–Crippen LogP) is 5.02. The minimum Gasteiger partial charge on any atom is -0.353 e. The number of nitrogens with zero attached hydrogens (tertiary/aromatic N) is 5. The summed E-state index contributed by atoms with van der Waals surface area (Å²) < 4.78 is 15.8. The molecule has 0 aliphatic carbocycles. The topological polar surface area (TPSA) is 88.1 Å². The zero-order valence-electron chi connectivity index (χ0n) is 17.4. The van der Waals surface area contributed by atoms with Gasteiger partial charge in [-0.15, -0.1) is 0 Å². The van der Waals surface area contributed by atoms with Crippen molar-refractivity contribution in [2.45, 2.75) is 6.92 Å². The highest BCUT2D eigenvalue weighted by atomic mass is 19.1. The molecule has 32 heavy (non-hydrogen) atoms. The smallest absolute Gasteiger partial charge is 0.155 e.